The molecule has 1 aromatic heterocycles. The molecule has 0 fully saturated rings. The molecule has 9 nitrogen and oxygen atoms in total. The number of hydrogen-bond acceptors (Lipinski definition) is 5. The van der Waals surface area contributed by atoms with Crippen molar-refractivity contribution in [2.45, 2.75) is 45.2 Å². The van der Waals surface area contributed by atoms with E-state index in [0.717, 1.165) is 10.9 Å². The predicted octanol–water partition coefficient (Wildman–Crippen LogP) is 2.48. The van der Waals surface area contributed by atoms with Gasteiger partial charge in [0.05, 0.1) is 19.0 Å². The highest BCUT2D eigenvalue weighted by atomic mass is 35.5. The molecule has 186 valence electrons. The molecule has 0 bridgehead atoms. The van der Waals surface area contributed by atoms with Gasteiger partial charge < -0.3 is 25.3 Å². The lowest BCUT2D eigenvalue weighted by Crippen LogP contribution is -2.52. The average molecular weight is 493 g/mol. The normalized spacial score (nSPS) is 12.8. The van der Waals surface area contributed by atoms with E-state index in [9.17, 15) is 19.2 Å². The number of benzene rings is 1. The van der Waals surface area contributed by atoms with Gasteiger partial charge in [-0.15, -0.1) is 11.6 Å². The summed E-state index contributed by atoms with van der Waals surface area (Å²) in [4.78, 5) is 54.8. The lowest BCUT2D eigenvalue weighted by Gasteiger charge is -2.24. The number of amides is 3. The summed E-state index contributed by atoms with van der Waals surface area (Å²) in [6, 6.07) is 5.30. The van der Waals surface area contributed by atoms with Crippen LogP contribution in [0.15, 0.2) is 24.3 Å². The number of nitrogens with zero attached hydrogens (tertiary/aromatic N) is 1. The van der Waals surface area contributed by atoms with Crippen LogP contribution in [0.3, 0.4) is 0 Å². The molecule has 3 N–H and O–H groups in total. The minimum atomic E-state index is -0.919. The molecular formula is C24H33ClN4O5. The average Bonchev–Trinajstić information content (AvgIpc) is 3.24. The zero-order chi connectivity index (χ0) is 25.4. The second-order valence-corrected chi connectivity index (χ2v) is 9.02. The Labute approximate surface area is 204 Å². The number of aromatic nitrogens is 1. The molecule has 10 heteroatoms. The Morgan fingerprint density at radius 2 is 1.82 bits per heavy atom. The van der Waals surface area contributed by atoms with Gasteiger partial charge in [0.25, 0.3) is 5.91 Å². The molecule has 2 aromatic rings. The second-order valence-electron chi connectivity index (χ2n) is 8.75. The molecule has 34 heavy (non-hydrogen) atoms. The minimum absolute atomic E-state index is 0.0820. The quantitative estimate of drug-likeness (QED) is 0.393. The summed E-state index contributed by atoms with van der Waals surface area (Å²) in [5.74, 6) is -1.09. The summed E-state index contributed by atoms with van der Waals surface area (Å²) in [7, 11) is 4.79. The molecule has 1 aromatic carbocycles. The number of H-pyrrole nitrogens is 1. The largest absolute Gasteiger partial charge is 0.496 e. The summed E-state index contributed by atoms with van der Waals surface area (Å²) < 4.78 is 5.34. The number of Topliss-reactive ketones (excluding diaryl/α,β-unsaturated/α-hetero) is 1. The second kappa shape index (κ2) is 12.4. The summed E-state index contributed by atoms with van der Waals surface area (Å²) in [6.07, 6.45) is 0.566. The van der Waals surface area contributed by atoms with Crippen molar-refractivity contribution in [2.75, 3.05) is 27.1 Å². The first kappa shape index (κ1) is 27.2. The summed E-state index contributed by atoms with van der Waals surface area (Å²) in [6.45, 7) is 3.86. The van der Waals surface area contributed by atoms with Crippen molar-refractivity contribution in [2.24, 2.45) is 5.92 Å². The van der Waals surface area contributed by atoms with Crippen molar-refractivity contribution >= 4 is 46.0 Å². The van der Waals surface area contributed by atoms with E-state index in [-0.39, 0.29) is 42.0 Å². The summed E-state index contributed by atoms with van der Waals surface area (Å²) in [5, 5.41) is 6.19. The maximum absolute atomic E-state index is 13.1. The Kier molecular flexibility index (Phi) is 9.92. The van der Waals surface area contributed by atoms with E-state index in [0.29, 0.717) is 12.2 Å². The van der Waals surface area contributed by atoms with E-state index in [1.165, 1.54) is 4.90 Å². The van der Waals surface area contributed by atoms with Gasteiger partial charge in [0, 0.05) is 31.4 Å². The number of hydrogen-bond donors (Lipinski definition) is 3. The van der Waals surface area contributed by atoms with Crippen LogP contribution < -0.4 is 15.4 Å². The first-order chi connectivity index (χ1) is 16.1. The first-order valence-electron chi connectivity index (χ1n) is 11.1. The van der Waals surface area contributed by atoms with Crippen molar-refractivity contribution in [1.82, 2.24) is 20.5 Å². The Balaban J connectivity index is 2.18. The number of ketones is 1. The van der Waals surface area contributed by atoms with Crippen LogP contribution in [-0.2, 0) is 14.4 Å². The van der Waals surface area contributed by atoms with E-state index >= 15 is 0 Å². The smallest absolute Gasteiger partial charge is 0.268 e. The number of aromatic amines is 1. The summed E-state index contributed by atoms with van der Waals surface area (Å²) in [5.41, 5.74) is 1.01. The molecule has 0 radical (unpaired) electrons. The molecule has 0 aliphatic carbocycles. The van der Waals surface area contributed by atoms with Crippen LogP contribution >= 0.6 is 11.6 Å². The van der Waals surface area contributed by atoms with Gasteiger partial charge in [-0.05, 0) is 37.0 Å². The van der Waals surface area contributed by atoms with Crippen LogP contribution in [0.5, 0.6) is 5.75 Å². The van der Waals surface area contributed by atoms with E-state index < -0.39 is 23.9 Å². The number of alkyl halides is 1. The highest BCUT2D eigenvalue weighted by molar-refractivity contribution is 6.28. The fraction of sp³-hybridized carbons (Fsp3) is 0.500. The highest BCUT2D eigenvalue weighted by Gasteiger charge is 2.28. The van der Waals surface area contributed by atoms with Gasteiger partial charge in [0.15, 0.2) is 5.78 Å². The third kappa shape index (κ3) is 7.21. The van der Waals surface area contributed by atoms with Crippen molar-refractivity contribution in [3.8, 4) is 5.75 Å². The van der Waals surface area contributed by atoms with E-state index in [1.807, 2.05) is 26.0 Å². The van der Waals surface area contributed by atoms with E-state index in [4.69, 9.17) is 16.3 Å². The maximum atomic E-state index is 13.1. The molecule has 0 saturated heterocycles. The van der Waals surface area contributed by atoms with Crippen LogP contribution in [0.25, 0.3) is 10.9 Å². The van der Waals surface area contributed by atoms with Gasteiger partial charge >= 0.3 is 0 Å². The molecule has 0 unspecified atom stereocenters. The molecule has 0 spiro atoms. The Morgan fingerprint density at radius 1 is 1.12 bits per heavy atom. The minimum Gasteiger partial charge on any atom is -0.496 e. The van der Waals surface area contributed by atoms with Gasteiger partial charge in [-0.1, -0.05) is 19.9 Å². The van der Waals surface area contributed by atoms with Crippen molar-refractivity contribution in [1.29, 1.82) is 0 Å². The number of ether oxygens (including phenoxy) is 1. The van der Waals surface area contributed by atoms with Crippen molar-refractivity contribution < 1.29 is 23.9 Å². The van der Waals surface area contributed by atoms with Crippen LogP contribution in [0.2, 0.25) is 0 Å². The molecule has 2 rings (SSSR count). The Bertz CT molecular complexity index is 1030. The first-order valence-corrected chi connectivity index (χ1v) is 11.7. The van der Waals surface area contributed by atoms with Crippen molar-refractivity contribution in [3.63, 3.8) is 0 Å². The van der Waals surface area contributed by atoms with E-state index in [2.05, 4.69) is 15.6 Å². The van der Waals surface area contributed by atoms with Gasteiger partial charge in [-0.25, -0.2) is 0 Å². The maximum Gasteiger partial charge on any atom is 0.268 e. The summed E-state index contributed by atoms with van der Waals surface area (Å²) >= 11 is 5.72. The number of carbonyl (C=O) groups is 4. The third-order valence-corrected chi connectivity index (χ3v) is 5.66. The van der Waals surface area contributed by atoms with E-state index in [1.54, 1.807) is 33.3 Å². The Hall–Kier alpha value is -3.07. The third-order valence-electron chi connectivity index (χ3n) is 5.40. The monoisotopic (exact) mass is 492 g/mol. The number of nitrogens with one attached hydrogen (secondary N) is 3. The number of halogens is 1. The molecule has 0 aliphatic heterocycles. The van der Waals surface area contributed by atoms with Gasteiger partial charge in [0.2, 0.25) is 11.8 Å². The van der Waals surface area contributed by atoms with Gasteiger partial charge in [-0.3, -0.25) is 19.2 Å². The Morgan fingerprint density at radius 3 is 2.41 bits per heavy atom. The molecule has 2 atom stereocenters. The zero-order valence-electron chi connectivity index (χ0n) is 20.2. The van der Waals surface area contributed by atoms with Crippen LogP contribution in [0.1, 0.15) is 43.6 Å². The number of carbonyl (C=O) groups excluding carboxylic acids is 4. The van der Waals surface area contributed by atoms with Crippen LogP contribution in [-0.4, -0.2) is 72.6 Å². The van der Waals surface area contributed by atoms with Gasteiger partial charge in [0.1, 0.15) is 17.5 Å². The highest BCUT2D eigenvalue weighted by Crippen LogP contribution is 2.26. The molecule has 0 saturated carbocycles. The topological polar surface area (TPSA) is 121 Å². The predicted molar refractivity (Wildman–Crippen MR) is 131 cm³/mol. The number of rotatable bonds is 12. The molecule has 1 heterocycles. The SMILES string of the molecule is COc1cccc2[nH]c(C(=O)N[C@H](CC(C)C)C(=O)N[C@H](CCC(=O)N(C)C)C(=O)CCl)cc12. The lowest BCUT2D eigenvalue weighted by molar-refractivity contribution is -0.131. The zero-order valence-corrected chi connectivity index (χ0v) is 21.0. The molecular weight excluding hydrogens is 460 g/mol. The van der Waals surface area contributed by atoms with Gasteiger partial charge in [-0.2, -0.15) is 0 Å². The van der Waals surface area contributed by atoms with Crippen LogP contribution in [0.4, 0.5) is 0 Å². The molecule has 3 amide bonds. The molecule has 0 aliphatic rings. The fourth-order valence-corrected chi connectivity index (χ4v) is 3.72. The standard InChI is InChI=1S/C24H33ClN4O5/c1-14(2)11-18(23(32)27-17(20(30)13-25)9-10-22(31)29(3)4)28-24(33)19-12-15-16(26-19)7-6-8-21(15)34-5/h6-8,12,14,17-18,26H,9-11,13H2,1-5H3,(H,27,32)(H,28,33)/t17-,18-/m1/s1. The number of fused-ring (bicyclic) bond motifs is 1. The number of methoxy groups -OCH3 is 1. The fourth-order valence-electron chi connectivity index (χ4n) is 3.54. The van der Waals surface area contributed by atoms with Crippen molar-refractivity contribution in [3.05, 3.63) is 30.0 Å². The van der Waals surface area contributed by atoms with Crippen LogP contribution in [0, 0.1) is 5.92 Å². The lowest BCUT2D eigenvalue weighted by atomic mass is 10.0.